The van der Waals surface area contributed by atoms with Crippen LogP contribution >= 0.6 is 34.3 Å². The van der Waals surface area contributed by atoms with E-state index in [4.69, 9.17) is 11.6 Å². The highest BCUT2D eigenvalue weighted by atomic mass is 35.5. The zero-order valence-electron chi connectivity index (χ0n) is 18.3. The average Bonchev–Trinajstić information content (AvgIpc) is 3.49. The maximum Gasteiger partial charge on any atom is 0.252 e. The Morgan fingerprint density at radius 3 is 2.80 bits per heavy atom. The first kappa shape index (κ1) is 24.3. The Morgan fingerprint density at radius 2 is 2.06 bits per heavy atom. The summed E-state index contributed by atoms with van der Waals surface area (Å²) in [6.07, 6.45) is 2.75. The van der Waals surface area contributed by atoms with Crippen LogP contribution in [0, 0.1) is 11.7 Å². The minimum absolute atomic E-state index is 0.0644. The van der Waals surface area contributed by atoms with E-state index in [9.17, 15) is 17.6 Å². The molecule has 0 aliphatic carbocycles. The fraction of sp³-hybridized carbons (Fsp3) is 0.261. The Labute approximate surface area is 214 Å². The summed E-state index contributed by atoms with van der Waals surface area (Å²) in [6.45, 7) is 0.572. The van der Waals surface area contributed by atoms with E-state index in [1.165, 1.54) is 38.7 Å². The van der Waals surface area contributed by atoms with Crippen LogP contribution in [-0.2, 0) is 21.4 Å². The van der Waals surface area contributed by atoms with Crippen molar-refractivity contribution >= 4 is 65.6 Å². The van der Waals surface area contributed by atoms with E-state index in [1.807, 2.05) is 12.1 Å². The number of amides is 1. The fourth-order valence-electron chi connectivity index (χ4n) is 4.04. The lowest BCUT2D eigenvalue weighted by Gasteiger charge is -2.33. The Kier molecular flexibility index (Phi) is 6.86. The number of rotatable bonds is 6. The van der Waals surface area contributed by atoms with Crippen molar-refractivity contribution in [3.63, 3.8) is 0 Å². The van der Waals surface area contributed by atoms with Gasteiger partial charge in [-0.15, -0.1) is 11.3 Å². The Balaban J connectivity index is 1.45. The van der Waals surface area contributed by atoms with Gasteiger partial charge >= 0.3 is 0 Å². The maximum absolute atomic E-state index is 13.8. The molecule has 1 aliphatic rings. The smallest absolute Gasteiger partial charge is 0.252 e. The van der Waals surface area contributed by atoms with Crippen LogP contribution in [0.1, 0.15) is 18.5 Å². The predicted molar refractivity (Wildman–Crippen MR) is 136 cm³/mol. The number of fused-ring (bicyclic) bond motifs is 1. The van der Waals surface area contributed by atoms with E-state index < -0.39 is 15.9 Å². The lowest BCUT2D eigenvalue weighted by Crippen LogP contribution is -2.46. The van der Waals surface area contributed by atoms with Crippen LogP contribution in [0.2, 0.25) is 4.34 Å². The van der Waals surface area contributed by atoms with Crippen LogP contribution in [0.25, 0.3) is 10.2 Å². The van der Waals surface area contributed by atoms with Crippen molar-refractivity contribution < 1.29 is 17.6 Å². The third-order valence-corrected chi connectivity index (χ3v) is 10.4. The molecule has 1 fully saturated rings. The molecule has 0 bridgehead atoms. The molecule has 0 spiro atoms. The molecule has 0 saturated carbocycles. The zero-order chi connectivity index (χ0) is 24.6. The summed E-state index contributed by atoms with van der Waals surface area (Å²) in [7, 11) is -3.75. The van der Waals surface area contributed by atoms with Gasteiger partial charge in [-0.3, -0.25) is 14.7 Å². The summed E-state index contributed by atoms with van der Waals surface area (Å²) in [5.41, 5.74) is 1.26. The van der Waals surface area contributed by atoms with Gasteiger partial charge in [-0.05, 0) is 55.3 Å². The summed E-state index contributed by atoms with van der Waals surface area (Å²) in [6, 6.07) is 12.8. The van der Waals surface area contributed by atoms with Gasteiger partial charge in [0.2, 0.25) is 5.91 Å². The molecular weight excluding hydrogens is 531 g/mol. The van der Waals surface area contributed by atoms with Gasteiger partial charge in [0.1, 0.15) is 10.0 Å². The number of thiazole rings is 1. The predicted octanol–water partition coefficient (Wildman–Crippen LogP) is 5.18. The number of carbonyl (C=O) groups excluding carboxylic acids is 1. The van der Waals surface area contributed by atoms with Crippen LogP contribution in [0.5, 0.6) is 0 Å². The van der Waals surface area contributed by atoms with E-state index in [0.29, 0.717) is 44.8 Å². The molecule has 4 aromatic rings. The molecule has 1 unspecified atom stereocenters. The quantitative estimate of drug-likeness (QED) is 0.330. The lowest BCUT2D eigenvalue weighted by atomic mass is 9.98. The number of pyridine rings is 1. The molecular formula is C23H20ClFN4O3S3. The summed E-state index contributed by atoms with van der Waals surface area (Å²) in [5, 5.41) is 0.422. The number of thiophene rings is 1. The molecule has 0 radical (unpaired) electrons. The first-order valence-electron chi connectivity index (χ1n) is 10.8. The Bertz CT molecular complexity index is 1480. The molecule has 12 heteroatoms. The summed E-state index contributed by atoms with van der Waals surface area (Å²) >= 11 is 8.17. The average molecular weight is 551 g/mol. The number of piperidine rings is 1. The van der Waals surface area contributed by atoms with Crippen LogP contribution in [0.4, 0.5) is 9.52 Å². The van der Waals surface area contributed by atoms with Gasteiger partial charge in [0.25, 0.3) is 10.0 Å². The summed E-state index contributed by atoms with van der Waals surface area (Å²) in [4.78, 5) is 24.3. The molecule has 1 atom stereocenters. The topological polar surface area (TPSA) is 83.5 Å². The molecule has 1 aliphatic heterocycles. The standard InChI is InChI=1S/C23H20ClFN4O3S3/c24-20-8-9-21(34-20)35(31,32)28-11-3-4-15(13-28)22(30)29(14-17-5-1-2-10-26-17)23-27-18-7-6-16(25)12-19(18)33-23/h1-2,5-10,12,15H,3-4,11,13-14H2. The maximum atomic E-state index is 13.8. The van der Waals surface area contributed by atoms with E-state index in [2.05, 4.69) is 9.97 Å². The number of anilines is 1. The molecule has 1 saturated heterocycles. The summed E-state index contributed by atoms with van der Waals surface area (Å²) < 4.78 is 42.6. The van der Waals surface area contributed by atoms with Crippen molar-refractivity contribution in [3.8, 4) is 0 Å². The van der Waals surface area contributed by atoms with Crippen LogP contribution in [0.3, 0.4) is 0 Å². The van der Waals surface area contributed by atoms with Crippen molar-refractivity contribution in [2.24, 2.45) is 5.92 Å². The molecule has 5 rings (SSSR count). The van der Waals surface area contributed by atoms with Crippen LogP contribution < -0.4 is 4.90 Å². The molecule has 7 nitrogen and oxygen atoms in total. The van der Waals surface area contributed by atoms with Gasteiger partial charge in [-0.1, -0.05) is 29.0 Å². The minimum atomic E-state index is -3.75. The number of hydrogen-bond acceptors (Lipinski definition) is 7. The van der Waals surface area contributed by atoms with Gasteiger partial charge in [-0.2, -0.15) is 4.31 Å². The fourth-order valence-corrected chi connectivity index (χ4v) is 8.20. The Morgan fingerprint density at radius 1 is 1.20 bits per heavy atom. The highest BCUT2D eigenvalue weighted by molar-refractivity contribution is 7.91. The Hall–Kier alpha value is -2.44. The second kappa shape index (κ2) is 9.90. The summed E-state index contributed by atoms with van der Waals surface area (Å²) in [5.74, 6) is -1.17. The molecule has 1 aromatic carbocycles. The number of benzene rings is 1. The number of hydrogen-bond donors (Lipinski definition) is 0. The zero-order valence-corrected chi connectivity index (χ0v) is 21.5. The molecule has 3 aromatic heterocycles. The van der Waals surface area contributed by atoms with Gasteiger partial charge in [0.15, 0.2) is 5.13 Å². The van der Waals surface area contributed by atoms with Crippen molar-refractivity contribution in [3.05, 3.63) is 70.6 Å². The number of aromatic nitrogens is 2. The van der Waals surface area contributed by atoms with E-state index in [1.54, 1.807) is 24.4 Å². The monoisotopic (exact) mass is 550 g/mol. The molecule has 182 valence electrons. The van der Waals surface area contributed by atoms with Crippen molar-refractivity contribution in [2.75, 3.05) is 18.0 Å². The number of nitrogens with zero attached hydrogens (tertiary/aromatic N) is 4. The van der Waals surface area contributed by atoms with Crippen LogP contribution in [-0.4, -0.2) is 41.7 Å². The third-order valence-electron chi connectivity index (χ3n) is 5.76. The number of halogens is 2. The number of carbonyl (C=O) groups is 1. The number of sulfonamides is 1. The molecule has 4 heterocycles. The lowest BCUT2D eigenvalue weighted by molar-refractivity contribution is -0.123. The van der Waals surface area contributed by atoms with Gasteiger partial charge < -0.3 is 0 Å². The SMILES string of the molecule is O=C(C1CCCN(S(=O)(=O)c2ccc(Cl)s2)C1)N(Cc1ccccn1)c1nc2ccc(F)cc2s1. The van der Waals surface area contributed by atoms with Crippen molar-refractivity contribution in [1.29, 1.82) is 0 Å². The highest BCUT2D eigenvalue weighted by Gasteiger charge is 2.37. The first-order chi connectivity index (χ1) is 16.8. The van der Waals surface area contributed by atoms with Gasteiger partial charge in [0.05, 0.1) is 32.7 Å². The largest absolute Gasteiger partial charge is 0.282 e. The normalized spacial score (nSPS) is 17.0. The molecule has 35 heavy (non-hydrogen) atoms. The second-order valence-electron chi connectivity index (χ2n) is 8.11. The van der Waals surface area contributed by atoms with Crippen LogP contribution in [0.15, 0.2) is 58.9 Å². The van der Waals surface area contributed by atoms with Crippen molar-refractivity contribution in [2.45, 2.75) is 23.6 Å². The minimum Gasteiger partial charge on any atom is -0.282 e. The second-order valence-corrected chi connectivity index (χ2v) is 13.0. The molecule has 1 amide bonds. The first-order valence-corrected chi connectivity index (χ1v) is 14.3. The van der Waals surface area contributed by atoms with E-state index in [0.717, 1.165) is 11.3 Å². The van der Waals surface area contributed by atoms with Gasteiger partial charge in [0, 0.05) is 19.3 Å². The van der Waals surface area contributed by atoms with Gasteiger partial charge in [-0.25, -0.2) is 17.8 Å². The van der Waals surface area contributed by atoms with Crippen molar-refractivity contribution in [1.82, 2.24) is 14.3 Å². The van der Waals surface area contributed by atoms with E-state index in [-0.39, 0.29) is 29.0 Å². The highest BCUT2D eigenvalue weighted by Crippen LogP contribution is 2.34. The molecule has 0 N–H and O–H groups in total. The third kappa shape index (κ3) is 5.10. The van der Waals surface area contributed by atoms with E-state index >= 15 is 0 Å².